The molecule has 0 amide bonds. The lowest BCUT2D eigenvalue weighted by Crippen LogP contribution is -2.35. The van der Waals surface area contributed by atoms with Crippen LogP contribution >= 0.6 is 0 Å². The Morgan fingerprint density at radius 1 is 1.46 bits per heavy atom. The van der Waals surface area contributed by atoms with Crippen molar-refractivity contribution in [3.63, 3.8) is 0 Å². The van der Waals surface area contributed by atoms with E-state index in [0.717, 1.165) is 31.9 Å². The smallest absolute Gasteiger partial charge is 0.133 e. The van der Waals surface area contributed by atoms with Gasteiger partial charge in [0.05, 0.1) is 6.54 Å². The highest BCUT2D eigenvalue weighted by molar-refractivity contribution is 5.51. The number of ether oxygens (including phenoxy) is 1. The molecule has 0 unspecified atom stereocenters. The van der Waals surface area contributed by atoms with Gasteiger partial charge in [-0.1, -0.05) is 0 Å². The second-order valence-electron chi connectivity index (χ2n) is 3.69. The Labute approximate surface area is 80.1 Å². The van der Waals surface area contributed by atoms with E-state index < -0.39 is 0 Å². The number of rotatable bonds is 5. The van der Waals surface area contributed by atoms with Crippen molar-refractivity contribution in [3.05, 3.63) is 0 Å². The zero-order valence-corrected chi connectivity index (χ0v) is 8.37. The highest BCUT2D eigenvalue weighted by atomic mass is 16.5. The zero-order valence-electron chi connectivity index (χ0n) is 8.37. The van der Waals surface area contributed by atoms with E-state index in [4.69, 9.17) is 4.74 Å². The lowest BCUT2D eigenvalue weighted by atomic mass is 9.94. The predicted octanol–water partition coefficient (Wildman–Crippen LogP) is 0.934. The summed E-state index contributed by atoms with van der Waals surface area (Å²) >= 11 is 0. The van der Waals surface area contributed by atoms with Crippen molar-refractivity contribution in [2.24, 2.45) is 5.92 Å². The van der Waals surface area contributed by atoms with Crippen LogP contribution in [0.5, 0.6) is 0 Å². The van der Waals surface area contributed by atoms with Crippen LogP contribution in [-0.4, -0.2) is 44.5 Å². The van der Waals surface area contributed by atoms with E-state index in [1.165, 1.54) is 19.3 Å². The average molecular weight is 185 g/mol. The lowest BCUT2D eigenvalue weighted by Gasteiger charge is -2.30. The first-order chi connectivity index (χ1) is 6.36. The van der Waals surface area contributed by atoms with Crippen LogP contribution < -0.4 is 0 Å². The number of piperidine rings is 1. The maximum Gasteiger partial charge on any atom is 0.133 e. The SMILES string of the molecule is COCCC1CCN(CC=O)CC1. The van der Waals surface area contributed by atoms with E-state index in [2.05, 4.69) is 4.90 Å². The second kappa shape index (κ2) is 6.11. The average Bonchev–Trinajstić information content (AvgIpc) is 2.17. The maximum absolute atomic E-state index is 10.3. The normalized spacial score (nSPS) is 20.4. The minimum atomic E-state index is 0.608. The number of likely N-dealkylation sites (tertiary alicyclic amines) is 1. The number of methoxy groups -OCH3 is 1. The van der Waals surface area contributed by atoms with Crippen LogP contribution in [0.4, 0.5) is 0 Å². The summed E-state index contributed by atoms with van der Waals surface area (Å²) in [5.74, 6) is 0.808. The third-order valence-corrected chi connectivity index (χ3v) is 2.77. The van der Waals surface area contributed by atoms with E-state index >= 15 is 0 Å². The Bertz CT molecular complexity index is 142. The Morgan fingerprint density at radius 2 is 2.15 bits per heavy atom. The quantitative estimate of drug-likeness (QED) is 0.597. The number of hydrogen-bond donors (Lipinski definition) is 0. The number of hydrogen-bond acceptors (Lipinski definition) is 3. The molecule has 0 saturated carbocycles. The molecule has 1 fully saturated rings. The van der Waals surface area contributed by atoms with Crippen molar-refractivity contribution in [2.45, 2.75) is 19.3 Å². The molecule has 0 radical (unpaired) electrons. The molecule has 1 saturated heterocycles. The molecule has 3 heteroatoms. The Balaban J connectivity index is 2.11. The molecule has 1 heterocycles. The molecule has 0 aromatic heterocycles. The van der Waals surface area contributed by atoms with Gasteiger partial charge in [0, 0.05) is 13.7 Å². The van der Waals surface area contributed by atoms with Crippen molar-refractivity contribution < 1.29 is 9.53 Å². The summed E-state index contributed by atoms with van der Waals surface area (Å²) in [5.41, 5.74) is 0. The molecule has 1 rings (SSSR count). The molecule has 1 aliphatic heterocycles. The minimum Gasteiger partial charge on any atom is -0.385 e. The van der Waals surface area contributed by atoms with E-state index in [0.29, 0.717) is 6.54 Å². The fraction of sp³-hybridized carbons (Fsp3) is 0.900. The summed E-state index contributed by atoms with van der Waals surface area (Å²) in [5, 5.41) is 0. The zero-order chi connectivity index (χ0) is 9.52. The van der Waals surface area contributed by atoms with Crippen LogP contribution in [0.15, 0.2) is 0 Å². The van der Waals surface area contributed by atoms with E-state index in [1.807, 2.05) is 0 Å². The molecule has 0 aliphatic carbocycles. The number of nitrogens with zero attached hydrogens (tertiary/aromatic N) is 1. The minimum absolute atomic E-state index is 0.608. The standard InChI is InChI=1S/C10H19NO2/c1-13-9-4-10-2-5-11(6-3-10)7-8-12/h8,10H,2-7,9H2,1H3. The van der Waals surface area contributed by atoms with Crippen molar-refractivity contribution in [2.75, 3.05) is 33.4 Å². The van der Waals surface area contributed by atoms with Gasteiger partial charge in [0.2, 0.25) is 0 Å². The lowest BCUT2D eigenvalue weighted by molar-refractivity contribution is -0.109. The summed E-state index contributed by atoms with van der Waals surface area (Å²) in [4.78, 5) is 12.5. The maximum atomic E-state index is 10.3. The number of aldehydes is 1. The molecule has 0 aromatic rings. The van der Waals surface area contributed by atoms with Gasteiger partial charge in [-0.2, -0.15) is 0 Å². The van der Waals surface area contributed by atoms with Crippen LogP contribution in [0.3, 0.4) is 0 Å². The fourth-order valence-electron chi connectivity index (χ4n) is 1.85. The Hall–Kier alpha value is -0.410. The molecule has 76 valence electrons. The molecular weight excluding hydrogens is 166 g/mol. The largest absolute Gasteiger partial charge is 0.385 e. The van der Waals surface area contributed by atoms with Crippen LogP contribution in [0, 0.1) is 5.92 Å². The predicted molar refractivity (Wildman–Crippen MR) is 51.7 cm³/mol. The van der Waals surface area contributed by atoms with Crippen molar-refractivity contribution in [3.8, 4) is 0 Å². The molecule has 13 heavy (non-hydrogen) atoms. The molecule has 0 aromatic carbocycles. The molecule has 1 aliphatic rings. The third-order valence-electron chi connectivity index (χ3n) is 2.77. The van der Waals surface area contributed by atoms with Gasteiger partial charge in [-0.05, 0) is 38.3 Å². The van der Waals surface area contributed by atoms with Crippen LogP contribution in [0.1, 0.15) is 19.3 Å². The molecular formula is C10H19NO2. The summed E-state index contributed by atoms with van der Waals surface area (Å²) in [7, 11) is 1.75. The van der Waals surface area contributed by atoms with Gasteiger partial charge in [0.1, 0.15) is 6.29 Å². The van der Waals surface area contributed by atoms with E-state index in [9.17, 15) is 4.79 Å². The van der Waals surface area contributed by atoms with Gasteiger partial charge in [0.15, 0.2) is 0 Å². The Kier molecular flexibility index (Phi) is 5.01. The first-order valence-electron chi connectivity index (χ1n) is 5.01. The molecule has 0 spiro atoms. The van der Waals surface area contributed by atoms with Gasteiger partial charge in [-0.3, -0.25) is 4.90 Å². The van der Waals surface area contributed by atoms with Crippen molar-refractivity contribution in [1.82, 2.24) is 4.90 Å². The second-order valence-corrected chi connectivity index (χ2v) is 3.69. The molecule has 0 bridgehead atoms. The summed E-state index contributed by atoms with van der Waals surface area (Å²) in [6, 6.07) is 0. The monoisotopic (exact) mass is 185 g/mol. The van der Waals surface area contributed by atoms with Crippen LogP contribution in [-0.2, 0) is 9.53 Å². The van der Waals surface area contributed by atoms with E-state index in [1.54, 1.807) is 7.11 Å². The highest BCUT2D eigenvalue weighted by Gasteiger charge is 2.17. The van der Waals surface area contributed by atoms with Gasteiger partial charge >= 0.3 is 0 Å². The van der Waals surface area contributed by atoms with Crippen molar-refractivity contribution in [1.29, 1.82) is 0 Å². The van der Waals surface area contributed by atoms with Gasteiger partial charge in [-0.15, -0.1) is 0 Å². The topological polar surface area (TPSA) is 29.5 Å². The van der Waals surface area contributed by atoms with Gasteiger partial charge < -0.3 is 9.53 Å². The van der Waals surface area contributed by atoms with E-state index in [-0.39, 0.29) is 0 Å². The summed E-state index contributed by atoms with van der Waals surface area (Å²) < 4.78 is 5.05. The first kappa shape index (κ1) is 10.7. The molecule has 0 atom stereocenters. The number of carbonyl (C=O) groups excluding carboxylic acids is 1. The van der Waals surface area contributed by atoms with Gasteiger partial charge in [0.25, 0.3) is 0 Å². The van der Waals surface area contributed by atoms with Gasteiger partial charge in [-0.25, -0.2) is 0 Å². The summed E-state index contributed by atoms with van der Waals surface area (Å²) in [6.07, 6.45) is 4.61. The third kappa shape index (κ3) is 3.87. The first-order valence-corrected chi connectivity index (χ1v) is 5.01. The van der Waals surface area contributed by atoms with Crippen LogP contribution in [0.2, 0.25) is 0 Å². The molecule has 0 N–H and O–H groups in total. The molecule has 3 nitrogen and oxygen atoms in total. The van der Waals surface area contributed by atoms with Crippen molar-refractivity contribution >= 4 is 6.29 Å². The van der Waals surface area contributed by atoms with Crippen LogP contribution in [0.25, 0.3) is 0 Å². The number of carbonyl (C=O) groups is 1. The highest BCUT2D eigenvalue weighted by Crippen LogP contribution is 2.19. The Morgan fingerprint density at radius 3 is 2.69 bits per heavy atom. The fourth-order valence-corrected chi connectivity index (χ4v) is 1.85. The summed E-state index contributed by atoms with van der Waals surface area (Å²) in [6.45, 7) is 3.63.